The van der Waals surface area contributed by atoms with Crippen molar-refractivity contribution in [3.63, 3.8) is 0 Å². The van der Waals surface area contributed by atoms with E-state index in [1.807, 2.05) is 6.92 Å². The first-order chi connectivity index (χ1) is 6.35. The van der Waals surface area contributed by atoms with E-state index in [1.54, 1.807) is 6.07 Å². The molecule has 78 valence electrons. The van der Waals surface area contributed by atoms with Crippen LogP contribution in [-0.4, -0.2) is 0 Å². The Labute approximate surface area is 92.6 Å². The van der Waals surface area contributed by atoms with E-state index < -0.39 is 5.54 Å². The Hall–Kier alpha value is -0.410. The predicted octanol–water partition coefficient (Wildman–Crippen LogP) is 3.42. The Bertz CT molecular complexity index is 334. The van der Waals surface area contributed by atoms with Crippen LogP contribution in [0.25, 0.3) is 0 Å². The van der Waals surface area contributed by atoms with Gasteiger partial charge in [0, 0.05) is 10.0 Å². The molecule has 0 heterocycles. The van der Waals surface area contributed by atoms with Gasteiger partial charge in [-0.25, -0.2) is 4.39 Å². The molecule has 3 heteroatoms. The van der Waals surface area contributed by atoms with Crippen LogP contribution in [0.5, 0.6) is 0 Å². The molecule has 0 unspecified atom stereocenters. The molecule has 14 heavy (non-hydrogen) atoms. The number of rotatable bonds is 2. The van der Waals surface area contributed by atoms with Gasteiger partial charge < -0.3 is 5.73 Å². The second-order valence-electron chi connectivity index (χ2n) is 4.06. The number of benzene rings is 1. The fraction of sp³-hybridized carbons (Fsp3) is 0.455. The highest BCUT2D eigenvalue weighted by Crippen LogP contribution is 2.32. The minimum Gasteiger partial charge on any atom is -0.321 e. The largest absolute Gasteiger partial charge is 0.321 e. The summed E-state index contributed by atoms with van der Waals surface area (Å²) >= 11 is 3.33. The van der Waals surface area contributed by atoms with Gasteiger partial charge >= 0.3 is 0 Å². The van der Waals surface area contributed by atoms with Gasteiger partial charge in [-0.1, -0.05) is 35.8 Å². The maximum atomic E-state index is 12.9. The molecule has 0 saturated heterocycles. The summed E-state index contributed by atoms with van der Waals surface area (Å²) in [7, 11) is 0. The summed E-state index contributed by atoms with van der Waals surface area (Å²) in [6.45, 7) is 6.06. The van der Waals surface area contributed by atoms with Crippen molar-refractivity contribution in [3.8, 4) is 0 Å². The molecule has 0 spiro atoms. The lowest BCUT2D eigenvalue weighted by Crippen LogP contribution is -2.38. The molecule has 0 fully saturated rings. The van der Waals surface area contributed by atoms with Gasteiger partial charge in [-0.15, -0.1) is 0 Å². The average molecular weight is 260 g/mol. The van der Waals surface area contributed by atoms with Crippen molar-refractivity contribution in [2.24, 2.45) is 11.7 Å². The predicted molar refractivity (Wildman–Crippen MR) is 60.5 cm³/mol. The molecule has 0 saturated carbocycles. The van der Waals surface area contributed by atoms with Gasteiger partial charge in [0.25, 0.3) is 0 Å². The third-order valence-corrected chi connectivity index (χ3v) is 3.37. The topological polar surface area (TPSA) is 26.0 Å². The second kappa shape index (κ2) is 3.99. The zero-order valence-electron chi connectivity index (χ0n) is 8.64. The van der Waals surface area contributed by atoms with Crippen molar-refractivity contribution in [2.75, 3.05) is 0 Å². The standard InChI is InChI=1S/C11H15BrFN/c1-7(2)11(3,14)9-5-4-8(13)6-10(9)12/h4-7H,14H2,1-3H3/t11-/m1/s1. The fourth-order valence-corrected chi connectivity index (χ4v) is 2.02. The van der Waals surface area contributed by atoms with Crippen molar-refractivity contribution in [3.05, 3.63) is 34.1 Å². The number of hydrogen-bond donors (Lipinski definition) is 1. The highest BCUT2D eigenvalue weighted by molar-refractivity contribution is 9.10. The monoisotopic (exact) mass is 259 g/mol. The molecule has 1 aromatic carbocycles. The van der Waals surface area contributed by atoms with Crippen molar-refractivity contribution in [2.45, 2.75) is 26.3 Å². The first-order valence-electron chi connectivity index (χ1n) is 4.60. The Morgan fingerprint density at radius 2 is 2.00 bits per heavy atom. The summed E-state index contributed by atoms with van der Waals surface area (Å²) < 4.78 is 13.6. The Balaban J connectivity index is 3.19. The lowest BCUT2D eigenvalue weighted by molar-refractivity contribution is 0.348. The third kappa shape index (κ3) is 2.15. The lowest BCUT2D eigenvalue weighted by atomic mass is 9.83. The molecule has 1 nitrogen and oxygen atoms in total. The van der Waals surface area contributed by atoms with Crippen molar-refractivity contribution >= 4 is 15.9 Å². The van der Waals surface area contributed by atoms with Gasteiger partial charge in [-0.3, -0.25) is 0 Å². The van der Waals surface area contributed by atoms with Crippen LogP contribution in [0.4, 0.5) is 4.39 Å². The summed E-state index contributed by atoms with van der Waals surface area (Å²) in [4.78, 5) is 0. The fourth-order valence-electron chi connectivity index (χ4n) is 1.24. The second-order valence-corrected chi connectivity index (χ2v) is 4.92. The quantitative estimate of drug-likeness (QED) is 0.866. The van der Waals surface area contributed by atoms with Crippen LogP contribution in [0.1, 0.15) is 26.3 Å². The molecular formula is C11H15BrFN. The SMILES string of the molecule is CC(C)[C@@](C)(N)c1ccc(F)cc1Br. The maximum Gasteiger partial charge on any atom is 0.124 e. The molecule has 1 rings (SSSR count). The van der Waals surface area contributed by atoms with Crippen LogP contribution < -0.4 is 5.73 Å². The Morgan fingerprint density at radius 1 is 1.43 bits per heavy atom. The summed E-state index contributed by atoms with van der Waals surface area (Å²) in [5.74, 6) is 0.0458. The van der Waals surface area contributed by atoms with Crippen molar-refractivity contribution in [1.29, 1.82) is 0 Å². The molecule has 0 aliphatic rings. The lowest BCUT2D eigenvalue weighted by Gasteiger charge is -2.30. The maximum absolute atomic E-state index is 12.9. The average Bonchev–Trinajstić information content (AvgIpc) is 2.02. The highest BCUT2D eigenvalue weighted by atomic mass is 79.9. The summed E-state index contributed by atoms with van der Waals surface area (Å²) in [6.07, 6.45) is 0. The van der Waals surface area contributed by atoms with Crippen molar-refractivity contribution < 1.29 is 4.39 Å². The zero-order valence-corrected chi connectivity index (χ0v) is 10.2. The Kier molecular flexibility index (Phi) is 3.32. The van der Waals surface area contributed by atoms with Gasteiger partial charge in [0.05, 0.1) is 0 Å². The van der Waals surface area contributed by atoms with Gasteiger partial charge in [-0.05, 0) is 30.5 Å². The van der Waals surface area contributed by atoms with E-state index in [0.717, 1.165) is 10.0 Å². The van der Waals surface area contributed by atoms with Crippen LogP contribution in [0, 0.1) is 11.7 Å². The molecule has 0 aliphatic carbocycles. The number of nitrogens with two attached hydrogens (primary N) is 1. The summed E-state index contributed by atoms with van der Waals surface area (Å²) in [6, 6.07) is 4.62. The van der Waals surface area contributed by atoms with Crippen LogP contribution >= 0.6 is 15.9 Å². The van der Waals surface area contributed by atoms with E-state index in [2.05, 4.69) is 29.8 Å². The van der Waals surface area contributed by atoms with Gasteiger partial charge in [0.2, 0.25) is 0 Å². The van der Waals surface area contributed by atoms with Crippen molar-refractivity contribution in [1.82, 2.24) is 0 Å². The van der Waals surface area contributed by atoms with Gasteiger partial charge in [0.15, 0.2) is 0 Å². The Morgan fingerprint density at radius 3 is 2.43 bits per heavy atom. The third-order valence-electron chi connectivity index (χ3n) is 2.71. The normalized spacial score (nSPS) is 15.6. The number of hydrogen-bond acceptors (Lipinski definition) is 1. The highest BCUT2D eigenvalue weighted by Gasteiger charge is 2.27. The van der Waals surface area contributed by atoms with E-state index in [0.29, 0.717) is 5.92 Å². The molecule has 0 amide bonds. The first kappa shape index (κ1) is 11.7. The molecule has 1 aromatic rings. The first-order valence-corrected chi connectivity index (χ1v) is 5.39. The van der Waals surface area contributed by atoms with E-state index >= 15 is 0 Å². The van der Waals surface area contributed by atoms with E-state index in [9.17, 15) is 4.39 Å². The van der Waals surface area contributed by atoms with Gasteiger partial charge in [-0.2, -0.15) is 0 Å². The minimum absolute atomic E-state index is 0.250. The molecule has 0 radical (unpaired) electrons. The molecule has 1 atom stereocenters. The molecule has 2 N–H and O–H groups in total. The van der Waals surface area contributed by atoms with E-state index in [1.165, 1.54) is 12.1 Å². The smallest absolute Gasteiger partial charge is 0.124 e. The molecular weight excluding hydrogens is 245 g/mol. The van der Waals surface area contributed by atoms with E-state index in [-0.39, 0.29) is 5.82 Å². The van der Waals surface area contributed by atoms with Crippen LogP contribution in [0.3, 0.4) is 0 Å². The summed E-state index contributed by atoms with van der Waals surface area (Å²) in [5.41, 5.74) is 6.68. The molecule has 0 bridgehead atoms. The van der Waals surface area contributed by atoms with Crippen LogP contribution in [-0.2, 0) is 5.54 Å². The van der Waals surface area contributed by atoms with Gasteiger partial charge in [0.1, 0.15) is 5.82 Å². The number of halogens is 2. The molecule has 0 aliphatic heterocycles. The van der Waals surface area contributed by atoms with E-state index in [4.69, 9.17) is 5.73 Å². The minimum atomic E-state index is -0.438. The van der Waals surface area contributed by atoms with Crippen LogP contribution in [0.2, 0.25) is 0 Å². The zero-order chi connectivity index (χ0) is 10.9. The molecule has 0 aromatic heterocycles. The van der Waals surface area contributed by atoms with Crippen LogP contribution in [0.15, 0.2) is 22.7 Å². The summed E-state index contributed by atoms with van der Waals surface area (Å²) in [5, 5.41) is 0.